The van der Waals surface area contributed by atoms with Gasteiger partial charge in [-0.2, -0.15) is 0 Å². The van der Waals surface area contributed by atoms with Crippen LogP contribution in [0.1, 0.15) is 89.3 Å². The summed E-state index contributed by atoms with van der Waals surface area (Å²) >= 11 is 0. The lowest BCUT2D eigenvalue weighted by molar-refractivity contribution is -0.159. The van der Waals surface area contributed by atoms with Crippen molar-refractivity contribution in [2.24, 2.45) is 0 Å². The zero-order valence-corrected chi connectivity index (χ0v) is 24.6. The molecule has 0 spiro atoms. The van der Waals surface area contributed by atoms with E-state index in [1.165, 1.54) is 16.7 Å². The number of ether oxygens (including phenoxy) is 3. The molecule has 2 unspecified atom stereocenters. The second-order valence-corrected chi connectivity index (χ2v) is 13.1. The van der Waals surface area contributed by atoms with Crippen molar-refractivity contribution in [1.82, 2.24) is 0 Å². The van der Waals surface area contributed by atoms with Gasteiger partial charge in [0.15, 0.2) is 0 Å². The molecular weight excluding hydrogens is 470 g/mol. The molecule has 1 aliphatic rings. The van der Waals surface area contributed by atoms with Gasteiger partial charge in [0, 0.05) is 24.9 Å². The summed E-state index contributed by atoms with van der Waals surface area (Å²) in [6.45, 7) is 18.8. The smallest absolute Gasteiger partial charge is 0.132 e. The average Bonchev–Trinajstić information content (AvgIpc) is 2.85. The Morgan fingerprint density at radius 1 is 0.789 bits per heavy atom. The van der Waals surface area contributed by atoms with Crippen LogP contribution in [0.25, 0.3) is 0 Å². The summed E-state index contributed by atoms with van der Waals surface area (Å²) in [6.07, 6.45) is -0.502. The number of hydrogen-bond donors (Lipinski definition) is 1. The van der Waals surface area contributed by atoms with Crippen molar-refractivity contribution in [2.45, 2.75) is 97.2 Å². The minimum Gasteiger partial charge on any atom is -0.485 e. The number of nitrogens with one attached hydrogen (secondary N) is 1. The minimum atomic E-state index is -0.539. The summed E-state index contributed by atoms with van der Waals surface area (Å²) < 4.78 is 19.0. The fraction of sp³-hybridized carbons (Fsp3) is 0.471. The summed E-state index contributed by atoms with van der Waals surface area (Å²) in [6, 6.07) is 23.8. The highest BCUT2D eigenvalue weighted by Gasteiger charge is 2.45. The van der Waals surface area contributed by atoms with Crippen molar-refractivity contribution in [2.75, 3.05) is 12.4 Å². The van der Waals surface area contributed by atoms with Crippen molar-refractivity contribution < 1.29 is 14.2 Å². The van der Waals surface area contributed by atoms with E-state index in [1.807, 2.05) is 6.07 Å². The van der Waals surface area contributed by atoms with Crippen molar-refractivity contribution in [3.05, 3.63) is 94.5 Å². The predicted molar refractivity (Wildman–Crippen MR) is 157 cm³/mol. The van der Waals surface area contributed by atoms with Gasteiger partial charge in [-0.3, -0.25) is 0 Å². The highest BCUT2D eigenvalue weighted by atomic mass is 16.6. The van der Waals surface area contributed by atoms with Gasteiger partial charge in [0.05, 0.1) is 6.61 Å². The van der Waals surface area contributed by atoms with Gasteiger partial charge >= 0.3 is 0 Å². The molecule has 0 saturated heterocycles. The minimum absolute atomic E-state index is 0.130. The van der Waals surface area contributed by atoms with E-state index in [0.29, 0.717) is 6.61 Å². The molecule has 204 valence electrons. The largest absolute Gasteiger partial charge is 0.485 e. The van der Waals surface area contributed by atoms with Crippen LogP contribution in [-0.4, -0.2) is 18.8 Å². The standard InChI is InChI=1S/C34H45NO3/c1-32(2,3)25-14-10-23(11-15-25)21-35-27-18-19-29-28(20-27)30(36-9)31(34(7,8)38-29)37-22-24-12-16-26(17-13-24)33(4,5)6/h10-20,30-31,35H,21-22H2,1-9H3. The Morgan fingerprint density at radius 2 is 1.34 bits per heavy atom. The van der Waals surface area contributed by atoms with Crippen LogP contribution >= 0.6 is 0 Å². The van der Waals surface area contributed by atoms with Gasteiger partial charge in [-0.05, 0) is 65.1 Å². The number of rotatable bonds is 7. The molecule has 1 heterocycles. The summed E-state index contributed by atoms with van der Waals surface area (Å²) in [5.74, 6) is 0.844. The SMILES string of the molecule is COC1c2cc(NCc3ccc(C(C)(C)C)cc3)ccc2OC(C)(C)C1OCc1ccc(C(C)(C)C)cc1. The molecule has 1 aliphatic heterocycles. The van der Waals surface area contributed by atoms with Crippen LogP contribution in [0, 0.1) is 0 Å². The third kappa shape index (κ3) is 6.42. The van der Waals surface area contributed by atoms with E-state index in [1.54, 1.807) is 7.11 Å². The maximum absolute atomic E-state index is 6.51. The summed E-state index contributed by atoms with van der Waals surface area (Å²) in [5.41, 5.74) is 6.83. The van der Waals surface area contributed by atoms with Gasteiger partial charge in [0.2, 0.25) is 0 Å². The van der Waals surface area contributed by atoms with Crippen molar-refractivity contribution in [1.29, 1.82) is 0 Å². The first-order valence-corrected chi connectivity index (χ1v) is 13.7. The maximum Gasteiger partial charge on any atom is 0.132 e. The fourth-order valence-electron chi connectivity index (χ4n) is 5.00. The van der Waals surface area contributed by atoms with E-state index in [4.69, 9.17) is 14.2 Å². The number of fused-ring (bicyclic) bond motifs is 1. The molecule has 0 radical (unpaired) electrons. The molecule has 4 heteroatoms. The topological polar surface area (TPSA) is 39.7 Å². The number of benzene rings is 3. The third-order valence-corrected chi connectivity index (χ3v) is 7.47. The van der Waals surface area contributed by atoms with Gasteiger partial charge in [0.1, 0.15) is 23.6 Å². The van der Waals surface area contributed by atoms with Crippen LogP contribution in [-0.2, 0) is 33.5 Å². The predicted octanol–water partition coefficient (Wildman–Crippen LogP) is 8.34. The van der Waals surface area contributed by atoms with E-state index in [0.717, 1.165) is 29.1 Å². The fourth-order valence-corrected chi connectivity index (χ4v) is 5.00. The Morgan fingerprint density at radius 3 is 1.87 bits per heavy atom. The second kappa shape index (κ2) is 10.7. The molecule has 2 atom stereocenters. The van der Waals surface area contributed by atoms with Crippen LogP contribution in [0.3, 0.4) is 0 Å². The Bertz CT molecular complexity index is 1210. The first-order chi connectivity index (χ1) is 17.8. The van der Waals surface area contributed by atoms with Crippen molar-refractivity contribution in [3.8, 4) is 5.75 Å². The van der Waals surface area contributed by atoms with Crippen molar-refractivity contribution in [3.63, 3.8) is 0 Å². The van der Waals surface area contributed by atoms with Crippen LogP contribution < -0.4 is 10.1 Å². The normalized spacial score (nSPS) is 19.0. The number of methoxy groups -OCH3 is 1. The Balaban J connectivity index is 1.48. The molecule has 1 N–H and O–H groups in total. The molecule has 0 saturated carbocycles. The second-order valence-electron chi connectivity index (χ2n) is 13.1. The third-order valence-electron chi connectivity index (χ3n) is 7.47. The lowest BCUT2D eigenvalue weighted by Gasteiger charge is -2.44. The first-order valence-electron chi connectivity index (χ1n) is 13.7. The Kier molecular flexibility index (Phi) is 7.97. The first kappa shape index (κ1) is 28.2. The van der Waals surface area contributed by atoms with E-state index in [2.05, 4.69) is 121 Å². The maximum atomic E-state index is 6.51. The molecule has 4 rings (SSSR count). The quantitative estimate of drug-likeness (QED) is 0.343. The van der Waals surface area contributed by atoms with Crippen LogP contribution in [0.4, 0.5) is 5.69 Å². The van der Waals surface area contributed by atoms with Gasteiger partial charge in [0.25, 0.3) is 0 Å². The van der Waals surface area contributed by atoms with Crippen LogP contribution in [0.2, 0.25) is 0 Å². The Labute approximate surface area is 229 Å². The lowest BCUT2D eigenvalue weighted by atomic mass is 9.86. The highest BCUT2D eigenvalue weighted by molar-refractivity contribution is 5.54. The van der Waals surface area contributed by atoms with E-state index >= 15 is 0 Å². The molecule has 4 nitrogen and oxygen atoms in total. The van der Waals surface area contributed by atoms with Gasteiger partial charge in [-0.15, -0.1) is 0 Å². The average molecular weight is 516 g/mol. The zero-order chi connectivity index (χ0) is 27.7. The molecule has 0 bridgehead atoms. The molecule has 38 heavy (non-hydrogen) atoms. The van der Waals surface area contributed by atoms with Crippen molar-refractivity contribution >= 4 is 5.69 Å². The summed E-state index contributed by atoms with van der Waals surface area (Å²) in [4.78, 5) is 0. The summed E-state index contributed by atoms with van der Waals surface area (Å²) in [7, 11) is 1.75. The van der Waals surface area contributed by atoms with Crippen LogP contribution in [0.5, 0.6) is 5.75 Å². The van der Waals surface area contributed by atoms with E-state index in [-0.39, 0.29) is 23.0 Å². The van der Waals surface area contributed by atoms with Gasteiger partial charge in [-0.25, -0.2) is 0 Å². The monoisotopic (exact) mass is 515 g/mol. The lowest BCUT2D eigenvalue weighted by Crippen LogP contribution is -2.50. The van der Waals surface area contributed by atoms with Crippen LogP contribution in [0.15, 0.2) is 66.7 Å². The van der Waals surface area contributed by atoms with E-state index < -0.39 is 5.60 Å². The molecular formula is C34H45NO3. The molecule has 0 amide bonds. The van der Waals surface area contributed by atoms with Gasteiger partial charge < -0.3 is 19.5 Å². The Hall–Kier alpha value is -2.82. The number of anilines is 1. The summed E-state index contributed by atoms with van der Waals surface area (Å²) in [5, 5.41) is 3.57. The molecule has 0 aliphatic carbocycles. The molecule has 0 fully saturated rings. The molecule has 3 aromatic carbocycles. The number of hydrogen-bond acceptors (Lipinski definition) is 4. The van der Waals surface area contributed by atoms with E-state index in [9.17, 15) is 0 Å². The van der Waals surface area contributed by atoms with Gasteiger partial charge in [-0.1, -0.05) is 90.1 Å². The molecule has 3 aromatic rings. The zero-order valence-electron chi connectivity index (χ0n) is 24.6. The molecule has 0 aromatic heterocycles. The highest BCUT2D eigenvalue weighted by Crippen LogP contribution is 2.44.